The van der Waals surface area contributed by atoms with Crippen molar-refractivity contribution in [3.05, 3.63) is 0 Å². The highest BCUT2D eigenvalue weighted by Gasteiger charge is 2.28. The first kappa shape index (κ1) is 11.9. The van der Waals surface area contributed by atoms with Gasteiger partial charge in [0.05, 0.1) is 0 Å². The molecule has 0 radical (unpaired) electrons. The molecule has 2 aliphatic rings. The normalized spacial score (nSPS) is 30.8. The van der Waals surface area contributed by atoms with Crippen molar-refractivity contribution in [2.24, 2.45) is 17.8 Å². The molecule has 0 spiro atoms. The minimum absolute atomic E-state index is 0.244. The molecule has 0 saturated heterocycles. The molecule has 92 valence electrons. The van der Waals surface area contributed by atoms with Crippen LogP contribution in [0.15, 0.2) is 0 Å². The number of aliphatic hydroxyl groups is 1. The molecule has 16 heavy (non-hydrogen) atoms. The monoisotopic (exact) mass is 225 g/mol. The second-order valence-electron chi connectivity index (χ2n) is 5.36. The lowest BCUT2D eigenvalue weighted by molar-refractivity contribution is -0.127. The molecular weight excluding hydrogens is 202 g/mol. The Labute approximate surface area is 97.6 Å². The van der Waals surface area contributed by atoms with Gasteiger partial charge in [-0.05, 0) is 37.5 Å². The predicted molar refractivity (Wildman–Crippen MR) is 62.9 cm³/mol. The summed E-state index contributed by atoms with van der Waals surface area (Å²) < 4.78 is 0. The van der Waals surface area contributed by atoms with Crippen LogP contribution < -0.4 is 5.32 Å². The van der Waals surface area contributed by atoms with E-state index < -0.39 is 0 Å². The number of rotatable bonds is 4. The molecule has 3 heteroatoms. The third-order valence-electron chi connectivity index (χ3n) is 4.32. The summed E-state index contributed by atoms with van der Waals surface area (Å²) >= 11 is 0. The molecule has 2 N–H and O–H groups in total. The fraction of sp³-hybridized carbons (Fsp3) is 0.923. The Morgan fingerprint density at radius 1 is 1.06 bits per heavy atom. The molecule has 0 heterocycles. The molecule has 0 bridgehead atoms. The largest absolute Gasteiger partial charge is 0.396 e. The van der Waals surface area contributed by atoms with E-state index >= 15 is 0 Å². The molecule has 1 amide bonds. The first-order chi connectivity index (χ1) is 7.81. The van der Waals surface area contributed by atoms with Crippen molar-refractivity contribution in [1.82, 2.24) is 5.32 Å². The van der Waals surface area contributed by atoms with Gasteiger partial charge in [-0.25, -0.2) is 0 Å². The summed E-state index contributed by atoms with van der Waals surface area (Å²) in [7, 11) is 0. The Morgan fingerprint density at radius 2 is 1.75 bits per heavy atom. The molecule has 2 unspecified atom stereocenters. The quantitative estimate of drug-likeness (QED) is 0.765. The number of nitrogens with one attached hydrogen (secondary N) is 1. The average Bonchev–Trinajstić information content (AvgIpc) is 2.24. The maximum Gasteiger partial charge on any atom is 0.223 e. The summed E-state index contributed by atoms with van der Waals surface area (Å²) in [6.07, 6.45) is 8.12. The first-order valence-electron chi connectivity index (χ1n) is 6.70. The van der Waals surface area contributed by atoms with Crippen LogP contribution in [0.25, 0.3) is 0 Å². The summed E-state index contributed by atoms with van der Waals surface area (Å²) in [6.45, 7) is 1.06. The maximum atomic E-state index is 11.7. The number of carbonyl (C=O) groups is 1. The lowest BCUT2D eigenvalue weighted by atomic mass is 9.79. The van der Waals surface area contributed by atoms with Crippen molar-refractivity contribution in [2.75, 3.05) is 13.2 Å². The molecule has 0 aliphatic heterocycles. The van der Waals surface area contributed by atoms with Crippen molar-refractivity contribution in [2.45, 2.75) is 44.9 Å². The van der Waals surface area contributed by atoms with E-state index in [1.807, 2.05) is 0 Å². The van der Waals surface area contributed by atoms with Crippen molar-refractivity contribution in [1.29, 1.82) is 0 Å². The Hall–Kier alpha value is -0.570. The predicted octanol–water partition coefficient (Wildman–Crippen LogP) is 1.70. The van der Waals surface area contributed by atoms with Crippen LogP contribution in [-0.4, -0.2) is 24.2 Å². The highest BCUT2D eigenvalue weighted by molar-refractivity contribution is 5.79. The SMILES string of the molecule is O=C(NCC1CCCCC1CO)C1CCC1. The summed E-state index contributed by atoms with van der Waals surface area (Å²) in [6, 6.07) is 0. The smallest absolute Gasteiger partial charge is 0.223 e. The van der Waals surface area contributed by atoms with E-state index in [1.54, 1.807) is 0 Å². The Kier molecular flexibility index (Phi) is 4.22. The van der Waals surface area contributed by atoms with Crippen molar-refractivity contribution in [3.63, 3.8) is 0 Å². The van der Waals surface area contributed by atoms with Crippen LogP contribution in [0.1, 0.15) is 44.9 Å². The first-order valence-corrected chi connectivity index (χ1v) is 6.70. The van der Waals surface area contributed by atoms with E-state index in [1.165, 1.54) is 19.3 Å². The van der Waals surface area contributed by atoms with Crippen molar-refractivity contribution >= 4 is 5.91 Å². The third kappa shape index (κ3) is 2.76. The average molecular weight is 225 g/mol. The Bertz CT molecular complexity index is 238. The topological polar surface area (TPSA) is 49.3 Å². The molecule has 0 aromatic heterocycles. The number of hydrogen-bond acceptors (Lipinski definition) is 2. The van der Waals surface area contributed by atoms with Crippen molar-refractivity contribution < 1.29 is 9.90 Å². The zero-order chi connectivity index (χ0) is 11.4. The van der Waals surface area contributed by atoms with Gasteiger partial charge in [-0.15, -0.1) is 0 Å². The zero-order valence-corrected chi connectivity index (χ0v) is 9.95. The Balaban J connectivity index is 1.72. The number of amides is 1. The van der Waals surface area contributed by atoms with E-state index in [4.69, 9.17) is 0 Å². The van der Waals surface area contributed by atoms with Gasteiger partial charge in [0.25, 0.3) is 0 Å². The van der Waals surface area contributed by atoms with Gasteiger partial charge in [-0.1, -0.05) is 19.3 Å². The molecule has 2 aliphatic carbocycles. The van der Waals surface area contributed by atoms with Crippen LogP contribution in [0.4, 0.5) is 0 Å². The summed E-state index contributed by atoms with van der Waals surface area (Å²) in [5, 5.41) is 12.3. The lowest BCUT2D eigenvalue weighted by Crippen LogP contribution is -2.40. The standard InChI is InChI=1S/C13H23NO2/c15-9-12-5-2-1-4-11(12)8-14-13(16)10-6-3-7-10/h10-12,15H,1-9H2,(H,14,16). The van der Waals surface area contributed by atoms with Gasteiger partial charge in [0, 0.05) is 19.1 Å². The molecule has 3 nitrogen and oxygen atoms in total. The van der Waals surface area contributed by atoms with Crippen LogP contribution in [0.5, 0.6) is 0 Å². The van der Waals surface area contributed by atoms with Crippen LogP contribution in [0.3, 0.4) is 0 Å². The van der Waals surface area contributed by atoms with Gasteiger partial charge in [0.2, 0.25) is 5.91 Å². The van der Waals surface area contributed by atoms with Gasteiger partial charge in [0.1, 0.15) is 0 Å². The molecule has 0 aromatic rings. The molecule has 0 aromatic carbocycles. The van der Waals surface area contributed by atoms with Gasteiger partial charge >= 0.3 is 0 Å². The molecule has 2 rings (SSSR count). The van der Waals surface area contributed by atoms with Crippen molar-refractivity contribution in [3.8, 4) is 0 Å². The number of aliphatic hydroxyl groups excluding tert-OH is 1. The van der Waals surface area contributed by atoms with E-state index in [9.17, 15) is 9.90 Å². The summed E-state index contributed by atoms with van der Waals surface area (Å²) in [5.41, 5.74) is 0. The van der Waals surface area contributed by atoms with Gasteiger partial charge in [0.15, 0.2) is 0 Å². The highest BCUT2D eigenvalue weighted by atomic mass is 16.3. The molecule has 2 atom stereocenters. The van der Waals surface area contributed by atoms with Crippen LogP contribution in [-0.2, 0) is 4.79 Å². The van der Waals surface area contributed by atoms with E-state index in [0.717, 1.165) is 32.2 Å². The zero-order valence-electron chi connectivity index (χ0n) is 9.95. The van der Waals surface area contributed by atoms with Gasteiger partial charge < -0.3 is 10.4 Å². The van der Waals surface area contributed by atoms with E-state index in [2.05, 4.69) is 5.32 Å². The highest BCUT2D eigenvalue weighted by Crippen LogP contribution is 2.30. The third-order valence-corrected chi connectivity index (χ3v) is 4.32. The second-order valence-corrected chi connectivity index (χ2v) is 5.36. The Morgan fingerprint density at radius 3 is 2.31 bits per heavy atom. The maximum absolute atomic E-state index is 11.7. The fourth-order valence-electron chi connectivity index (χ4n) is 2.84. The van der Waals surface area contributed by atoms with Gasteiger partial charge in [-0.2, -0.15) is 0 Å². The molecule has 2 saturated carbocycles. The fourth-order valence-corrected chi connectivity index (χ4v) is 2.84. The minimum Gasteiger partial charge on any atom is -0.396 e. The van der Waals surface area contributed by atoms with Crippen LogP contribution in [0.2, 0.25) is 0 Å². The second kappa shape index (κ2) is 5.67. The van der Waals surface area contributed by atoms with Crippen LogP contribution in [0, 0.1) is 17.8 Å². The number of hydrogen-bond donors (Lipinski definition) is 2. The van der Waals surface area contributed by atoms with Gasteiger partial charge in [-0.3, -0.25) is 4.79 Å². The van der Waals surface area contributed by atoms with E-state index in [0.29, 0.717) is 11.8 Å². The number of carbonyl (C=O) groups excluding carboxylic acids is 1. The lowest BCUT2D eigenvalue weighted by Gasteiger charge is -2.31. The summed E-state index contributed by atoms with van der Waals surface area (Å²) in [5.74, 6) is 1.45. The van der Waals surface area contributed by atoms with Crippen LogP contribution >= 0.6 is 0 Å². The molecular formula is C13H23NO2. The summed E-state index contributed by atoms with van der Waals surface area (Å²) in [4.78, 5) is 11.7. The minimum atomic E-state index is 0.244. The molecule has 2 fully saturated rings. The van der Waals surface area contributed by atoms with E-state index in [-0.39, 0.29) is 18.4 Å².